The third-order valence-electron chi connectivity index (χ3n) is 4.09. The lowest BCUT2D eigenvalue weighted by molar-refractivity contribution is -0.119. The van der Waals surface area contributed by atoms with Gasteiger partial charge >= 0.3 is 0 Å². The fourth-order valence-corrected chi connectivity index (χ4v) is 5.67. The van der Waals surface area contributed by atoms with Crippen LogP contribution in [0.5, 0.6) is 5.75 Å². The van der Waals surface area contributed by atoms with E-state index in [2.05, 4.69) is 4.72 Å². The van der Waals surface area contributed by atoms with Crippen LogP contribution in [0.4, 0.5) is 11.4 Å². The molecule has 1 saturated heterocycles. The summed E-state index contributed by atoms with van der Waals surface area (Å²) in [4.78, 5) is 12.0. The van der Waals surface area contributed by atoms with E-state index in [1.54, 1.807) is 24.3 Å². The number of hydrogen-bond acceptors (Lipinski definition) is 6. The molecule has 0 aliphatic carbocycles. The van der Waals surface area contributed by atoms with E-state index in [0.717, 1.165) is 4.31 Å². The highest BCUT2D eigenvalue weighted by Crippen LogP contribution is 2.30. The minimum absolute atomic E-state index is 0.0748. The Morgan fingerprint density at radius 1 is 1.11 bits per heavy atom. The summed E-state index contributed by atoms with van der Waals surface area (Å²) in [5.41, 5.74) is 0.385. The Kier molecular flexibility index (Phi) is 4.87. The van der Waals surface area contributed by atoms with Crippen LogP contribution in [0.25, 0.3) is 0 Å². The van der Waals surface area contributed by atoms with Crippen LogP contribution in [0.3, 0.4) is 0 Å². The van der Waals surface area contributed by atoms with E-state index < -0.39 is 31.9 Å². The standard InChI is InChI=1S/C17H18N2O6S2/c1-12-11-26(21,22)19(17(12)20)13-7-9-14(10-8-13)27(23,24)18-15-5-3-4-6-16(15)25-2/h3-10,12,18H,11H2,1-2H3/t12-/m0/s1. The number of anilines is 2. The number of carbonyl (C=O) groups excluding carboxylic acids is 1. The summed E-state index contributed by atoms with van der Waals surface area (Å²) in [6, 6.07) is 11.6. The van der Waals surface area contributed by atoms with Gasteiger partial charge in [-0.05, 0) is 36.4 Å². The zero-order valence-electron chi connectivity index (χ0n) is 14.6. The van der Waals surface area contributed by atoms with Gasteiger partial charge in [0, 0.05) is 0 Å². The Balaban J connectivity index is 1.90. The predicted octanol–water partition coefficient (Wildman–Crippen LogP) is 1.81. The van der Waals surface area contributed by atoms with Crippen LogP contribution in [-0.2, 0) is 24.8 Å². The van der Waals surface area contributed by atoms with Gasteiger partial charge in [0.1, 0.15) is 5.75 Å². The van der Waals surface area contributed by atoms with Gasteiger partial charge in [-0.25, -0.2) is 21.1 Å². The lowest BCUT2D eigenvalue weighted by Gasteiger charge is -2.16. The molecule has 1 atom stereocenters. The normalized spacial score (nSPS) is 19.1. The first kappa shape index (κ1) is 19.2. The summed E-state index contributed by atoms with van der Waals surface area (Å²) in [5.74, 6) is -1.06. The molecule has 1 amide bonds. The maximum absolute atomic E-state index is 12.6. The number of rotatable bonds is 5. The van der Waals surface area contributed by atoms with E-state index in [4.69, 9.17) is 4.74 Å². The summed E-state index contributed by atoms with van der Waals surface area (Å²) in [7, 11) is -6.24. The van der Waals surface area contributed by atoms with Crippen molar-refractivity contribution in [2.24, 2.45) is 5.92 Å². The maximum atomic E-state index is 12.6. The van der Waals surface area contributed by atoms with Crippen molar-refractivity contribution in [3.63, 3.8) is 0 Å². The van der Waals surface area contributed by atoms with Gasteiger partial charge in [-0.1, -0.05) is 19.1 Å². The smallest absolute Gasteiger partial charge is 0.262 e. The topological polar surface area (TPSA) is 110 Å². The van der Waals surface area contributed by atoms with E-state index in [-0.39, 0.29) is 22.0 Å². The van der Waals surface area contributed by atoms with E-state index in [0.29, 0.717) is 5.75 Å². The molecule has 0 aromatic heterocycles. The molecule has 1 heterocycles. The number of nitrogens with one attached hydrogen (secondary N) is 1. The van der Waals surface area contributed by atoms with Gasteiger partial charge in [0.2, 0.25) is 15.9 Å². The molecule has 27 heavy (non-hydrogen) atoms. The first-order chi connectivity index (χ1) is 12.7. The van der Waals surface area contributed by atoms with Gasteiger partial charge in [0.15, 0.2) is 0 Å². The van der Waals surface area contributed by atoms with Crippen LogP contribution < -0.4 is 13.8 Å². The average Bonchev–Trinajstić information content (AvgIpc) is 2.82. The van der Waals surface area contributed by atoms with E-state index in [1.807, 2.05) is 0 Å². The molecule has 10 heteroatoms. The van der Waals surface area contributed by atoms with Crippen molar-refractivity contribution >= 4 is 37.3 Å². The van der Waals surface area contributed by atoms with Crippen molar-refractivity contribution in [3.8, 4) is 5.75 Å². The quantitative estimate of drug-likeness (QED) is 0.805. The lowest BCUT2D eigenvalue weighted by Crippen LogP contribution is -2.30. The molecular weight excluding hydrogens is 392 g/mol. The van der Waals surface area contributed by atoms with Gasteiger partial charge in [0.05, 0.1) is 35.1 Å². The summed E-state index contributed by atoms with van der Waals surface area (Å²) < 4.78 is 57.7. The molecule has 0 saturated carbocycles. The molecule has 1 fully saturated rings. The van der Waals surface area contributed by atoms with Crippen molar-refractivity contribution < 1.29 is 26.4 Å². The molecule has 1 N–H and O–H groups in total. The third kappa shape index (κ3) is 3.62. The van der Waals surface area contributed by atoms with Crippen molar-refractivity contribution in [2.45, 2.75) is 11.8 Å². The number of sulfonamides is 2. The Morgan fingerprint density at radius 3 is 2.30 bits per heavy atom. The minimum atomic E-state index is -3.92. The molecule has 2 aromatic carbocycles. The van der Waals surface area contributed by atoms with Gasteiger partial charge in [0.25, 0.3) is 10.0 Å². The molecule has 3 rings (SSSR count). The number of benzene rings is 2. The number of hydrogen-bond donors (Lipinski definition) is 1. The Bertz CT molecular complexity index is 1080. The van der Waals surface area contributed by atoms with Crippen LogP contribution >= 0.6 is 0 Å². The van der Waals surface area contributed by atoms with Crippen LogP contribution in [0, 0.1) is 5.92 Å². The number of carbonyl (C=O) groups is 1. The van der Waals surface area contributed by atoms with Crippen LogP contribution in [0.2, 0.25) is 0 Å². The monoisotopic (exact) mass is 410 g/mol. The number of nitrogens with zero attached hydrogens (tertiary/aromatic N) is 1. The van der Waals surface area contributed by atoms with Crippen LogP contribution in [-0.4, -0.2) is 35.6 Å². The number of methoxy groups -OCH3 is 1. The van der Waals surface area contributed by atoms with Crippen molar-refractivity contribution in [1.82, 2.24) is 0 Å². The lowest BCUT2D eigenvalue weighted by atomic mass is 10.2. The van der Waals surface area contributed by atoms with Crippen molar-refractivity contribution in [1.29, 1.82) is 0 Å². The van der Waals surface area contributed by atoms with Gasteiger partial charge in [-0.3, -0.25) is 9.52 Å². The number of ether oxygens (including phenoxy) is 1. The highest BCUT2D eigenvalue weighted by molar-refractivity contribution is 7.94. The Hall–Kier alpha value is -2.59. The van der Waals surface area contributed by atoms with Crippen molar-refractivity contribution in [3.05, 3.63) is 48.5 Å². The largest absolute Gasteiger partial charge is 0.495 e. The summed E-state index contributed by atoms with van der Waals surface area (Å²) in [5, 5.41) is 0. The summed E-state index contributed by atoms with van der Waals surface area (Å²) >= 11 is 0. The molecule has 0 unspecified atom stereocenters. The Labute approximate surface area is 157 Å². The molecular formula is C17H18N2O6S2. The second-order valence-electron chi connectivity index (χ2n) is 6.08. The highest BCUT2D eigenvalue weighted by atomic mass is 32.2. The van der Waals surface area contributed by atoms with Gasteiger partial charge in [-0.2, -0.15) is 0 Å². The zero-order chi connectivity index (χ0) is 19.8. The average molecular weight is 410 g/mol. The second kappa shape index (κ2) is 6.86. The van der Waals surface area contributed by atoms with Gasteiger partial charge in [-0.15, -0.1) is 0 Å². The predicted molar refractivity (Wildman–Crippen MR) is 101 cm³/mol. The van der Waals surface area contributed by atoms with Gasteiger partial charge < -0.3 is 4.74 Å². The van der Waals surface area contributed by atoms with E-state index in [9.17, 15) is 21.6 Å². The fraction of sp³-hybridized carbons (Fsp3) is 0.235. The molecule has 0 bridgehead atoms. The molecule has 1 aliphatic heterocycles. The second-order valence-corrected chi connectivity index (χ2v) is 9.63. The van der Waals surface area contributed by atoms with Crippen LogP contribution in [0.15, 0.2) is 53.4 Å². The molecule has 0 radical (unpaired) electrons. The molecule has 8 nitrogen and oxygen atoms in total. The highest BCUT2D eigenvalue weighted by Gasteiger charge is 2.41. The zero-order valence-corrected chi connectivity index (χ0v) is 16.2. The SMILES string of the molecule is COc1ccccc1NS(=O)(=O)c1ccc(N2C(=O)[C@@H](C)CS2(=O)=O)cc1. The molecule has 144 valence electrons. The molecule has 0 spiro atoms. The summed E-state index contributed by atoms with van der Waals surface area (Å²) in [6.45, 7) is 1.54. The van der Waals surface area contributed by atoms with E-state index in [1.165, 1.54) is 38.3 Å². The summed E-state index contributed by atoms with van der Waals surface area (Å²) in [6.07, 6.45) is 0. The fourth-order valence-electron chi connectivity index (χ4n) is 2.78. The van der Waals surface area contributed by atoms with Crippen LogP contribution in [0.1, 0.15) is 6.92 Å². The molecule has 2 aromatic rings. The van der Waals surface area contributed by atoms with Crippen molar-refractivity contribution in [2.75, 3.05) is 21.9 Å². The first-order valence-electron chi connectivity index (χ1n) is 7.98. The molecule has 1 aliphatic rings. The number of amides is 1. The minimum Gasteiger partial charge on any atom is -0.495 e. The Morgan fingerprint density at radius 2 is 1.74 bits per heavy atom. The van der Waals surface area contributed by atoms with E-state index >= 15 is 0 Å². The number of para-hydroxylation sites is 2. The third-order valence-corrected chi connectivity index (χ3v) is 7.34. The first-order valence-corrected chi connectivity index (χ1v) is 11.1. The maximum Gasteiger partial charge on any atom is 0.262 e.